The summed E-state index contributed by atoms with van der Waals surface area (Å²) in [6.45, 7) is 3.57. The van der Waals surface area contributed by atoms with E-state index in [1.165, 1.54) is 0 Å². The zero-order valence-electron chi connectivity index (χ0n) is 22.1. The lowest BCUT2D eigenvalue weighted by Crippen LogP contribution is -2.58. The van der Waals surface area contributed by atoms with Crippen LogP contribution < -0.4 is 27.4 Å². The maximum Gasteiger partial charge on any atom is 0.326 e. The third-order valence-electron chi connectivity index (χ3n) is 6.15. The first-order valence-corrected chi connectivity index (χ1v) is 12.7. The Morgan fingerprint density at radius 3 is 1.51 bits per heavy atom. The van der Waals surface area contributed by atoms with Gasteiger partial charge < -0.3 is 32.5 Å². The van der Waals surface area contributed by atoms with E-state index in [-0.39, 0.29) is 31.6 Å². The van der Waals surface area contributed by atoms with Crippen molar-refractivity contribution in [2.45, 2.75) is 63.7 Å². The van der Waals surface area contributed by atoms with E-state index in [4.69, 9.17) is 11.5 Å². The van der Waals surface area contributed by atoms with Crippen molar-refractivity contribution in [1.29, 1.82) is 0 Å². The molecule has 0 aliphatic carbocycles. The summed E-state index contributed by atoms with van der Waals surface area (Å²) >= 11 is 0. The lowest BCUT2D eigenvalue weighted by Gasteiger charge is -2.26. The minimum absolute atomic E-state index is 0.0537. The van der Waals surface area contributed by atoms with Gasteiger partial charge in [0, 0.05) is 19.3 Å². The lowest BCUT2D eigenvalue weighted by molar-refractivity contribution is -0.142. The van der Waals surface area contributed by atoms with Gasteiger partial charge >= 0.3 is 5.97 Å². The van der Waals surface area contributed by atoms with Gasteiger partial charge in [-0.25, -0.2) is 4.79 Å². The normalized spacial score (nSPS) is 13.9. The van der Waals surface area contributed by atoms with Gasteiger partial charge in [-0.3, -0.25) is 19.2 Å². The van der Waals surface area contributed by atoms with Crippen LogP contribution in [0.15, 0.2) is 60.7 Å². The molecular weight excluding hydrogens is 502 g/mol. The predicted molar refractivity (Wildman–Crippen MR) is 145 cm³/mol. The quantitative estimate of drug-likeness (QED) is 0.187. The molecule has 39 heavy (non-hydrogen) atoms. The second-order valence-electron chi connectivity index (χ2n) is 9.68. The number of carbonyl (C=O) groups is 5. The van der Waals surface area contributed by atoms with E-state index < -0.39 is 53.8 Å². The fraction of sp³-hybridized carbons (Fsp3) is 0.393. The average molecular weight is 540 g/mol. The first kappa shape index (κ1) is 31.0. The fourth-order valence-electron chi connectivity index (χ4n) is 3.78. The van der Waals surface area contributed by atoms with E-state index in [1.54, 1.807) is 68.4 Å². The molecule has 0 heterocycles. The summed E-state index contributed by atoms with van der Waals surface area (Å²) in [6, 6.07) is 13.4. The molecule has 2 aromatic rings. The highest BCUT2D eigenvalue weighted by atomic mass is 16.4. The molecule has 0 aliphatic heterocycles. The van der Waals surface area contributed by atoms with E-state index in [2.05, 4.69) is 16.0 Å². The Labute approximate surface area is 227 Å². The molecular formula is C28H37N5O6. The smallest absolute Gasteiger partial charge is 0.326 e. The Hall–Kier alpha value is -4.25. The maximum absolute atomic E-state index is 13.5. The van der Waals surface area contributed by atoms with Crippen LogP contribution in [0.4, 0.5) is 0 Å². The molecule has 2 rings (SSSR count). The second-order valence-corrected chi connectivity index (χ2v) is 9.68. The fourth-order valence-corrected chi connectivity index (χ4v) is 3.78. The van der Waals surface area contributed by atoms with Crippen LogP contribution in [0.1, 0.15) is 37.8 Å². The van der Waals surface area contributed by atoms with Crippen LogP contribution in [0, 0.1) is 5.92 Å². The summed E-state index contributed by atoms with van der Waals surface area (Å²) in [7, 11) is 0. The Bertz CT molecular complexity index is 1130. The van der Waals surface area contributed by atoms with E-state index in [0.717, 1.165) is 5.56 Å². The third-order valence-corrected chi connectivity index (χ3v) is 6.15. The molecule has 4 unspecified atom stereocenters. The topological polar surface area (TPSA) is 194 Å². The van der Waals surface area contributed by atoms with E-state index in [9.17, 15) is 29.1 Å². The number of amides is 4. The van der Waals surface area contributed by atoms with Gasteiger partial charge in [0.25, 0.3) is 0 Å². The standard InChI is InChI=1S/C28H37N5O6/c1-17(2)24(30)27(37)33-22(16-19-11-7-4-8-12-19)26(36)32-21(15-18-9-5-3-6-10-18)25(35)31-20(28(38)39)13-14-23(29)34/h3-12,17,20-22,24H,13-16,30H2,1-2H3,(H2,29,34)(H,31,35)(H,32,36)(H,33,37)(H,38,39). The molecule has 0 saturated heterocycles. The molecule has 4 atom stereocenters. The number of hydrogen-bond donors (Lipinski definition) is 6. The molecule has 2 aromatic carbocycles. The van der Waals surface area contributed by atoms with Crippen LogP contribution in [0.5, 0.6) is 0 Å². The molecule has 11 heteroatoms. The number of primary amides is 1. The first-order chi connectivity index (χ1) is 18.5. The van der Waals surface area contributed by atoms with Crippen molar-refractivity contribution in [2.24, 2.45) is 17.4 Å². The van der Waals surface area contributed by atoms with Crippen LogP contribution in [-0.2, 0) is 36.8 Å². The van der Waals surface area contributed by atoms with Gasteiger partial charge in [0.15, 0.2) is 0 Å². The van der Waals surface area contributed by atoms with Gasteiger partial charge in [-0.1, -0.05) is 74.5 Å². The zero-order valence-corrected chi connectivity index (χ0v) is 22.1. The van der Waals surface area contributed by atoms with Crippen molar-refractivity contribution in [3.05, 3.63) is 71.8 Å². The van der Waals surface area contributed by atoms with E-state index in [1.807, 2.05) is 6.07 Å². The van der Waals surface area contributed by atoms with E-state index in [0.29, 0.717) is 5.56 Å². The highest BCUT2D eigenvalue weighted by molar-refractivity contribution is 5.94. The summed E-state index contributed by atoms with van der Waals surface area (Å²) in [5.41, 5.74) is 12.6. The molecule has 0 aliphatic rings. The number of carboxylic acids is 1. The van der Waals surface area contributed by atoms with Crippen molar-refractivity contribution in [3.8, 4) is 0 Å². The summed E-state index contributed by atoms with van der Waals surface area (Å²) in [6.07, 6.45) is -0.256. The molecule has 210 valence electrons. The Balaban J connectivity index is 2.30. The van der Waals surface area contributed by atoms with Gasteiger partial charge in [-0.05, 0) is 23.5 Å². The van der Waals surface area contributed by atoms with Crippen molar-refractivity contribution in [2.75, 3.05) is 0 Å². The second kappa shape index (κ2) is 15.2. The Morgan fingerprint density at radius 2 is 1.13 bits per heavy atom. The van der Waals surface area contributed by atoms with Crippen molar-refractivity contribution < 1.29 is 29.1 Å². The van der Waals surface area contributed by atoms with Gasteiger partial charge in [-0.2, -0.15) is 0 Å². The van der Waals surface area contributed by atoms with Gasteiger partial charge in [0.05, 0.1) is 6.04 Å². The number of aliphatic carboxylic acids is 1. The molecule has 0 saturated carbocycles. The minimum Gasteiger partial charge on any atom is -0.480 e. The molecule has 0 radical (unpaired) electrons. The lowest BCUT2D eigenvalue weighted by atomic mass is 10.0. The summed E-state index contributed by atoms with van der Waals surface area (Å²) in [5, 5.41) is 17.3. The summed E-state index contributed by atoms with van der Waals surface area (Å²) < 4.78 is 0. The van der Waals surface area contributed by atoms with Gasteiger partial charge in [-0.15, -0.1) is 0 Å². The highest BCUT2D eigenvalue weighted by Gasteiger charge is 2.31. The number of benzene rings is 2. The molecule has 0 bridgehead atoms. The third kappa shape index (κ3) is 10.6. The first-order valence-electron chi connectivity index (χ1n) is 12.7. The predicted octanol–water partition coefficient (Wildman–Crippen LogP) is 0.260. The minimum atomic E-state index is -1.39. The molecule has 4 amide bonds. The Kier molecular flexibility index (Phi) is 12.1. The number of nitrogens with one attached hydrogen (secondary N) is 3. The van der Waals surface area contributed by atoms with Crippen LogP contribution in [0.2, 0.25) is 0 Å². The molecule has 11 nitrogen and oxygen atoms in total. The SMILES string of the molecule is CC(C)C(N)C(=O)NC(Cc1ccccc1)C(=O)NC(Cc1ccccc1)C(=O)NC(CCC(N)=O)C(=O)O. The monoisotopic (exact) mass is 539 g/mol. The largest absolute Gasteiger partial charge is 0.480 e. The van der Waals surface area contributed by atoms with Crippen molar-refractivity contribution in [1.82, 2.24) is 16.0 Å². The Morgan fingerprint density at radius 1 is 0.718 bits per heavy atom. The number of nitrogens with two attached hydrogens (primary N) is 2. The van der Waals surface area contributed by atoms with Gasteiger partial charge in [0.1, 0.15) is 18.1 Å². The number of carbonyl (C=O) groups excluding carboxylic acids is 4. The van der Waals surface area contributed by atoms with Crippen LogP contribution >= 0.6 is 0 Å². The molecule has 0 aromatic heterocycles. The van der Waals surface area contributed by atoms with E-state index >= 15 is 0 Å². The number of carboxylic acid groups (broad SMARTS) is 1. The zero-order chi connectivity index (χ0) is 28.9. The van der Waals surface area contributed by atoms with Crippen molar-refractivity contribution >= 4 is 29.6 Å². The van der Waals surface area contributed by atoms with Crippen molar-refractivity contribution in [3.63, 3.8) is 0 Å². The van der Waals surface area contributed by atoms with Crippen LogP contribution in [-0.4, -0.2) is 58.9 Å². The van der Waals surface area contributed by atoms with Crippen LogP contribution in [0.3, 0.4) is 0 Å². The number of hydrogen-bond acceptors (Lipinski definition) is 6. The summed E-state index contributed by atoms with van der Waals surface area (Å²) in [5.74, 6) is -4.12. The molecule has 0 fully saturated rings. The van der Waals surface area contributed by atoms with Gasteiger partial charge in [0.2, 0.25) is 23.6 Å². The highest BCUT2D eigenvalue weighted by Crippen LogP contribution is 2.09. The van der Waals surface area contributed by atoms with Crippen LogP contribution in [0.25, 0.3) is 0 Å². The maximum atomic E-state index is 13.5. The average Bonchev–Trinajstić information content (AvgIpc) is 2.90. The number of rotatable bonds is 15. The summed E-state index contributed by atoms with van der Waals surface area (Å²) in [4.78, 5) is 62.3. The molecule has 0 spiro atoms. The molecule has 8 N–H and O–H groups in total.